The molecule has 1 unspecified atom stereocenters. The smallest absolute Gasteiger partial charge is 0.251 e. The lowest BCUT2D eigenvalue weighted by Crippen LogP contribution is -2.19. The minimum absolute atomic E-state index is 0.0723. The summed E-state index contributed by atoms with van der Waals surface area (Å²) in [5.74, 6) is 0.926. The Morgan fingerprint density at radius 1 is 1.30 bits per heavy atom. The highest BCUT2D eigenvalue weighted by molar-refractivity contribution is 5.94. The summed E-state index contributed by atoms with van der Waals surface area (Å²) in [4.78, 5) is 11.6. The highest BCUT2D eigenvalue weighted by atomic mass is 16.3. The van der Waals surface area contributed by atoms with E-state index in [2.05, 4.69) is 17.6 Å². The number of anilines is 1. The molecule has 0 fully saturated rings. The number of carbonyl (C=O) groups is 1. The maximum Gasteiger partial charge on any atom is 0.251 e. The first kappa shape index (κ1) is 14.2. The summed E-state index contributed by atoms with van der Waals surface area (Å²) in [7, 11) is 1.63. The number of nitrogens with one attached hydrogen (secondary N) is 2. The van der Waals surface area contributed by atoms with E-state index < -0.39 is 0 Å². The van der Waals surface area contributed by atoms with E-state index in [1.807, 2.05) is 30.3 Å². The van der Waals surface area contributed by atoms with Crippen molar-refractivity contribution < 1.29 is 9.21 Å². The van der Waals surface area contributed by atoms with E-state index in [0.29, 0.717) is 11.6 Å². The highest BCUT2D eigenvalue weighted by Crippen LogP contribution is 2.14. The van der Waals surface area contributed by atoms with Gasteiger partial charge in [-0.05, 0) is 43.7 Å². The lowest BCUT2D eigenvalue weighted by Gasteiger charge is -2.15. The lowest BCUT2D eigenvalue weighted by molar-refractivity contribution is 0.0963. The van der Waals surface area contributed by atoms with Crippen molar-refractivity contribution in [2.45, 2.75) is 25.8 Å². The van der Waals surface area contributed by atoms with Gasteiger partial charge in [-0.1, -0.05) is 6.07 Å². The second kappa shape index (κ2) is 6.80. The molecule has 0 saturated heterocycles. The van der Waals surface area contributed by atoms with Gasteiger partial charge in [0, 0.05) is 30.8 Å². The van der Waals surface area contributed by atoms with E-state index in [9.17, 15) is 4.79 Å². The van der Waals surface area contributed by atoms with Crippen LogP contribution < -0.4 is 10.6 Å². The molecule has 4 heteroatoms. The predicted octanol–water partition coefficient (Wildman–Crippen LogP) is 3.07. The number of hydrogen-bond donors (Lipinski definition) is 2. The Hall–Kier alpha value is -2.23. The molecule has 2 rings (SSSR count). The molecule has 1 amide bonds. The SMILES string of the molecule is CNC(=O)c1cccc(NC(C)CCc2ccco2)c1. The third-order valence-corrected chi connectivity index (χ3v) is 3.17. The Balaban J connectivity index is 1.90. The Morgan fingerprint density at radius 2 is 2.15 bits per heavy atom. The molecular formula is C16H20N2O2. The standard InChI is InChI=1S/C16H20N2O2/c1-12(8-9-15-7-4-10-20-15)18-14-6-3-5-13(11-14)16(19)17-2/h3-7,10-12,18H,8-9H2,1-2H3,(H,17,19). The minimum atomic E-state index is -0.0723. The molecule has 2 N–H and O–H groups in total. The van der Waals surface area contributed by atoms with Crippen LogP contribution in [0.2, 0.25) is 0 Å². The van der Waals surface area contributed by atoms with Gasteiger partial charge >= 0.3 is 0 Å². The van der Waals surface area contributed by atoms with Crippen molar-refractivity contribution in [3.8, 4) is 0 Å². The van der Waals surface area contributed by atoms with Crippen LogP contribution in [0.4, 0.5) is 5.69 Å². The van der Waals surface area contributed by atoms with Gasteiger partial charge in [0.2, 0.25) is 0 Å². The minimum Gasteiger partial charge on any atom is -0.469 e. The van der Waals surface area contributed by atoms with Crippen LogP contribution in [-0.2, 0) is 6.42 Å². The summed E-state index contributed by atoms with van der Waals surface area (Å²) in [5.41, 5.74) is 1.62. The summed E-state index contributed by atoms with van der Waals surface area (Å²) >= 11 is 0. The summed E-state index contributed by atoms with van der Waals surface area (Å²) in [6, 6.07) is 11.7. The second-order valence-corrected chi connectivity index (χ2v) is 4.82. The summed E-state index contributed by atoms with van der Waals surface area (Å²) in [5, 5.41) is 6.03. The van der Waals surface area contributed by atoms with E-state index in [1.165, 1.54) is 0 Å². The zero-order valence-corrected chi connectivity index (χ0v) is 11.8. The molecule has 4 nitrogen and oxygen atoms in total. The van der Waals surface area contributed by atoms with Crippen LogP contribution in [0.15, 0.2) is 47.1 Å². The van der Waals surface area contributed by atoms with Gasteiger partial charge in [0.25, 0.3) is 5.91 Å². The van der Waals surface area contributed by atoms with E-state index >= 15 is 0 Å². The Bertz CT molecular complexity index is 549. The third-order valence-electron chi connectivity index (χ3n) is 3.17. The van der Waals surface area contributed by atoms with Gasteiger partial charge in [0.1, 0.15) is 5.76 Å². The molecule has 1 atom stereocenters. The number of hydrogen-bond acceptors (Lipinski definition) is 3. The fraction of sp³-hybridized carbons (Fsp3) is 0.312. The predicted molar refractivity (Wildman–Crippen MR) is 79.9 cm³/mol. The van der Waals surface area contributed by atoms with E-state index in [1.54, 1.807) is 19.4 Å². The molecule has 1 heterocycles. The van der Waals surface area contributed by atoms with Crippen LogP contribution >= 0.6 is 0 Å². The van der Waals surface area contributed by atoms with Crippen molar-refractivity contribution in [3.63, 3.8) is 0 Å². The molecule has 2 aromatic rings. The molecule has 1 aromatic heterocycles. The number of furan rings is 1. The number of rotatable bonds is 6. The average molecular weight is 272 g/mol. The van der Waals surface area contributed by atoms with Crippen molar-refractivity contribution in [2.24, 2.45) is 0 Å². The summed E-state index contributed by atoms with van der Waals surface area (Å²) < 4.78 is 5.32. The molecule has 20 heavy (non-hydrogen) atoms. The second-order valence-electron chi connectivity index (χ2n) is 4.82. The topological polar surface area (TPSA) is 54.3 Å². The number of benzene rings is 1. The quantitative estimate of drug-likeness (QED) is 0.849. The first-order valence-corrected chi connectivity index (χ1v) is 6.80. The number of amides is 1. The molecule has 0 aliphatic heterocycles. The van der Waals surface area contributed by atoms with Gasteiger partial charge < -0.3 is 15.1 Å². The molecule has 106 valence electrons. The highest BCUT2D eigenvalue weighted by Gasteiger charge is 2.07. The van der Waals surface area contributed by atoms with Gasteiger partial charge in [0.05, 0.1) is 6.26 Å². The Kier molecular flexibility index (Phi) is 4.82. The Labute approximate surface area is 119 Å². The molecule has 1 aromatic carbocycles. The first-order valence-electron chi connectivity index (χ1n) is 6.80. The zero-order chi connectivity index (χ0) is 14.4. The lowest BCUT2D eigenvalue weighted by atomic mass is 10.1. The maximum absolute atomic E-state index is 11.6. The molecular weight excluding hydrogens is 252 g/mol. The van der Waals surface area contributed by atoms with Crippen LogP contribution in [0.5, 0.6) is 0 Å². The van der Waals surface area contributed by atoms with Crippen molar-refractivity contribution in [3.05, 3.63) is 54.0 Å². The number of aryl methyl sites for hydroxylation is 1. The van der Waals surface area contributed by atoms with Crippen molar-refractivity contribution in [2.75, 3.05) is 12.4 Å². The van der Waals surface area contributed by atoms with Crippen LogP contribution in [0.25, 0.3) is 0 Å². The molecule has 0 saturated carbocycles. The number of carbonyl (C=O) groups excluding carboxylic acids is 1. The average Bonchev–Trinajstić information content (AvgIpc) is 2.98. The van der Waals surface area contributed by atoms with Crippen LogP contribution in [0.3, 0.4) is 0 Å². The summed E-state index contributed by atoms with van der Waals surface area (Å²) in [6.07, 6.45) is 3.56. The maximum atomic E-state index is 11.6. The monoisotopic (exact) mass is 272 g/mol. The van der Waals surface area contributed by atoms with Crippen LogP contribution in [-0.4, -0.2) is 19.0 Å². The van der Waals surface area contributed by atoms with Gasteiger partial charge in [0.15, 0.2) is 0 Å². The fourth-order valence-electron chi connectivity index (χ4n) is 2.06. The molecule has 0 aliphatic carbocycles. The fourth-order valence-corrected chi connectivity index (χ4v) is 2.06. The Morgan fingerprint density at radius 3 is 2.85 bits per heavy atom. The van der Waals surface area contributed by atoms with E-state index in [4.69, 9.17) is 4.42 Å². The van der Waals surface area contributed by atoms with Gasteiger partial charge in [-0.3, -0.25) is 4.79 Å². The summed E-state index contributed by atoms with van der Waals surface area (Å²) in [6.45, 7) is 2.12. The van der Waals surface area contributed by atoms with Gasteiger partial charge in [-0.2, -0.15) is 0 Å². The van der Waals surface area contributed by atoms with Crippen molar-refractivity contribution in [1.82, 2.24) is 5.32 Å². The largest absolute Gasteiger partial charge is 0.469 e. The van der Waals surface area contributed by atoms with Gasteiger partial charge in [-0.25, -0.2) is 0 Å². The third kappa shape index (κ3) is 3.88. The molecule has 0 spiro atoms. The van der Waals surface area contributed by atoms with E-state index in [0.717, 1.165) is 24.3 Å². The van der Waals surface area contributed by atoms with Crippen LogP contribution in [0, 0.1) is 0 Å². The van der Waals surface area contributed by atoms with Crippen molar-refractivity contribution in [1.29, 1.82) is 0 Å². The first-order chi connectivity index (χ1) is 9.69. The molecule has 0 aliphatic rings. The molecule has 0 radical (unpaired) electrons. The zero-order valence-electron chi connectivity index (χ0n) is 11.8. The van der Waals surface area contributed by atoms with Crippen molar-refractivity contribution >= 4 is 11.6 Å². The van der Waals surface area contributed by atoms with Crippen LogP contribution in [0.1, 0.15) is 29.5 Å². The van der Waals surface area contributed by atoms with E-state index in [-0.39, 0.29) is 5.91 Å². The molecule has 0 bridgehead atoms. The normalized spacial score (nSPS) is 11.9. The van der Waals surface area contributed by atoms with Gasteiger partial charge in [-0.15, -0.1) is 0 Å².